The first-order valence-corrected chi connectivity index (χ1v) is 3.38. The van der Waals surface area contributed by atoms with Gasteiger partial charge in [0.2, 0.25) is 0 Å². The van der Waals surface area contributed by atoms with E-state index in [1.807, 2.05) is 6.08 Å². The van der Waals surface area contributed by atoms with Crippen molar-refractivity contribution in [1.29, 1.82) is 0 Å². The van der Waals surface area contributed by atoms with Gasteiger partial charge in [-0.2, -0.15) is 0 Å². The standard InChI is InChI=1S/C6H9NOS/c8-6(9)7-4-2-1-3-5-7/h1-2H,3-5H2,(H,8,9). The monoisotopic (exact) mass is 143 g/mol. The molecule has 2 nitrogen and oxygen atoms in total. The number of hydrogen-bond donors (Lipinski definition) is 1. The van der Waals surface area contributed by atoms with E-state index < -0.39 is 0 Å². The van der Waals surface area contributed by atoms with Crippen molar-refractivity contribution in [3.63, 3.8) is 0 Å². The molecule has 1 rings (SSSR count). The minimum absolute atomic E-state index is 0.126. The van der Waals surface area contributed by atoms with Crippen LogP contribution in [0.5, 0.6) is 0 Å². The molecule has 0 aromatic heterocycles. The molecule has 0 saturated heterocycles. The highest BCUT2D eigenvalue weighted by Gasteiger charge is 2.07. The van der Waals surface area contributed by atoms with Crippen molar-refractivity contribution >= 4 is 17.9 Å². The zero-order valence-corrected chi connectivity index (χ0v) is 5.97. The average Bonchev–Trinajstić information content (AvgIpc) is 1.90. The minimum Gasteiger partial charge on any atom is -0.330 e. The van der Waals surface area contributed by atoms with Gasteiger partial charge < -0.3 is 4.90 Å². The van der Waals surface area contributed by atoms with E-state index in [0.29, 0.717) is 0 Å². The van der Waals surface area contributed by atoms with Crippen molar-refractivity contribution < 1.29 is 4.79 Å². The van der Waals surface area contributed by atoms with Crippen LogP contribution in [0.25, 0.3) is 0 Å². The Kier molecular flexibility index (Phi) is 2.16. The summed E-state index contributed by atoms with van der Waals surface area (Å²) in [4.78, 5) is 12.3. The fourth-order valence-corrected chi connectivity index (χ4v) is 0.997. The van der Waals surface area contributed by atoms with E-state index in [1.165, 1.54) is 0 Å². The predicted molar refractivity (Wildman–Crippen MR) is 39.7 cm³/mol. The first-order chi connectivity index (χ1) is 4.30. The Hall–Kier alpha value is -0.440. The normalized spacial score (nSPS) is 18.1. The van der Waals surface area contributed by atoms with Crippen LogP contribution < -0.4 is 0 Å². The third-order valence-corrected chi connectivity index (χ3v) is 1.61. The van der Waals surface area contributed by atoms with Crippen LogP contribution >= 0.6 is 12.6 Å². The van der Waals surface area contributed by atoms with Crippen molar-refractivity contribution in [2.75, 3.05) is 13.1 Å². The second-order valence-electron chi connectivity index (χ2n) is 1.99. The maximum atomic E-state index is 10.6. The molecule has 1 amide bonds. The fraction of sp³-hybridized carbons (Fsp3) is 0.500. The molecule has 0 bridgehead atoms. The first-order valence-electron chi connectivity index (χ1n) is 2.93. The van der Waals surface area contributed by atoms with Crippen LogP contribution in [0, 0.1) is 0 Å². The first kappa shape index (κ1) is 6.68. The lowest BCUT2D eigenvalue weighted by Crippen LogP contribution is -2.29. The van der Waals surface area contributed by atoms with Crippen LogP contribution in [0.4, 0.5) is 4.79 Å². The largest absolute Gasteiger partial charge is 0.330 e. The molecule has 0 spiro atoms. The molecule has 0 unspecified atom stereocenters. The van der Waals surface area contributed by atoms with Gasteiger partial charge in [-0.25, -0.2) is 0 Å². The molecule has 1 aliphatic heterocycles. The van der Waals surface area contributed by atoms with Crippen molar-refractivity contribution in [3.8, 4) is 0 Å². The highest BCUT2D eigenvalue weighted by molar-refractivity contribution is 7.96. The highest BCUT2D eigenvalue weighted by atomic mass is 32.1. The number of carbonyl (C=O) groups is 1. The molecule has 0 radical (unpaired) electrons. The Morgan fingerprint density at radius 2 is 2.33 bits per heavy atom. The summed E-state index contributed by atoms with van der Waals surface area (Å²) in [5.41, 5.74) is 0. The number of amides is 1. The summed E-state index contributed by atoms with van der Waals surface area (Å²) in [6, 6.07) is 0. The van der Waals surface area contributed by atoms with Crippen LogP contribution in [0.2, 0.25) is 0 Å². The van der Waals surface area contributed by atoms with Crippen molar-refractivity contribution in [1.82, 2.24) is 4.90 Å². The average molecular weight is 143 g/mol. The summed E-state index contributed by atoms with van der Waals surface area (Å²) < 4.78 is 0. The van der Waals surface area contributed by atoms with Gasteiger partial charge >= 0.3 is 0 Å². The Bertz CT molecular complexity index is 144. The molecule has 0 aromatic carbocycles. The summed E-state index contributed by atoms with van der Waals surface area (Å²) in [5, 5.41) is -0.126. The van der Waals surface area contributed by atoms with Gasteiger partial charge in [-0.15, -0.1) is 0 Å². The molecule has 1 aliphatic rings. The van der Waals surface area contributed by atoms with Crippen molar-refractivity contribution in [2.45, 2.75) is 6.42 Å². The van der Waals surface area contributed by atoms with Gasteiger partial charge in [-0.3, -0.25) is 4.79 Å². The summed E-state index contributed by atoms with van der Waals surface area (Å²) in [6.07, 6.45) is 5.02. The van der Waals surface area contributed by atoms with Crippen molar-refractivity contribution in [2.24, 2.45) is 0 Å². The van der Waals surface area contributed by atoms with Gasteiger partial charge in [0.1, 0.15) is 0 Å². The lowest BCUT2D eigenvalue weighted by atomic mass is 10.3. The second kappa shape index (κ2) is 2.92. The summed E-state index contributed by atoms with van der Waals surface area (Å²) in [5.74, 6) is 0. The van der Waals surface area contributed by atoms with E-state index in [1.54, 1.807) is 4.90 Å². The Morgan fingerprint density at radius 3 is 2.67 bits per heavy atom. The fourth-order valence-electron chi connectivity index (χ4n) is 0.815. The number of hydrogen-bond acceptors (Lipinski definition) is 1. The molecule has 0 aromatic rings. The van der Waals surface area contributed by atoms with Crippen LogP contribution in [0.15, 0.2) is 12.2 Å². The summed E-state index contributed by atoms with van der Waals surface area (Å²) in [7, 11) is 0. The highest BCUT2D eigenvalue weighted by Crippen LogP contribution is 2.03. The Morgan fingerprint density at radius 1 is 1.56 bits per heavy atom. The van der Waals surface area contributed by atoms with E-state index in [2.05, 4.69) is 18.7 Å². The number of carbonyl (C=O) groups excluding carboxylic acids is 1. The molecule has 0 aliphatic carbocycles. The van der Waals surface area contributed by atoms with Gasteiger partial charge in [0.25, 0.3) is 5.24 Å². The molecule has 0 saturated carbocycles. The van der Waals surface area contributed by atoms with Crippen LogP contribution in [-0.4, -0.2) is 23.2 Å². The maximum absolute atomic E-state index is 10.6. The third-order valence-electron chi connectivity index (χ3n) is 1.33. The third kappa shape index (κ3) is 1.75. The predicted octanol–water partition coefficient (Wildman–Crippen LogP) is 1.30. The number of nitrogens with zero attached hydrogens (tertiary/aromatic N) is 1. The van der Waals surface area contributed by atoms with Gasteiger partial charge in [0.15, 0.2) is 0 Å². The number of thiol groups is 1. The maximum Gasteiger partial charge on any atom is 0.278 e. The van der Waals surface area contributed by atoms with Gasteiger partial charge in [0, 0.05) is 13.1 Å². The second-order valence-corrected chi connectivity index (χ2v) is 2.37. The van der Waals surface area contributed by atoms with E-state index in [-0.39, 0.29) is 5.24 Å². The molecule has 9 heavy (non-hydrogen) atoms. The SMILES string of the molecule is O=C(S)N1CC=CCC1. The quantitative estimate of drug-likeness (QED) is 0.400. The smallest absolute Gasteiger partial charge is 0.278 e. The van der Waals surface area contributed by atoms with E-state index in [4.69, 9.17) is 0 Å². The van der Waals surface area contributed by atoms with Crippen LogP contribution in [0.1, 0.15) is 6.42 Å². The molecule has 1 heterocycles. The van der Waals surface area contributed by atoms with Gasteiger partial charge in [-0.1, -0.05) is 24.8 Å². The summed E-state index contributed by atoms with van der Waals surface area (Å²) in [6.45, 7) is 1.54. The van der Waals surface area contributed by atoms with E-state index in [9.17, 15) is 4.79 Å². The van der Waals surface area contributed by atoms with Gasteiger partial charge in [-0.05, 0) is 6.42 Å². The lowest BCUT2D eigenvalue weighted by Gasteiger charge is -2.20. The molecule has 0 fully saturated rings. The molecule has 0 N–H and O–H groups in total. The Labute approximate surface area is 59.9 Å². The van der Waals surface area contributed by atoms with Crippen LogP contribution in [-0.2, 0) is 0 Å². The zero-order valence-electron chi connectivity index (χ0n) is 5.08. The molecule has 50 valence electrons. The summed E-state index contributed by atoms with van der Waals surface area (Å²) >= 11 is 3.69. The van der Waals surface area contributed by atoms with Gasteiger partial charge in [0.05, 0.1) is 0 Å². The molecule has 0 atom stereocenters. The van der Waals surface area contributed by atoms with Crippen molar-refractivity contribution in [3.05, 3.63) is 12.2 Å². The zero-order chi connectivity index (χ0) is 6.69. The molecular weight excluding hydrogens is 134 g/mol. The number of rotatable bonds is 0. The van der Waals surface area contributed by atoms with E-state index in [0.717, 1.165) is 19.5 Å². The molecule has 3 heteroatoms. The lowest BCUT2D eigenvalue weighted by molar-refractivity contribution is 0.228. The molecular formula is C6H9NOS. The Balaban J connectivity index is 2.44. The van der Waals surface area contributed by atoms with E-state index >= 15 is 0 Å². The minimum atomic E-state index is -0.126. The topological polar surface area (TPSA) is 20.3 Å². The van der Waals surface area contributed by atoms with Crippen LogP contribution in [0.3, 0.4) is 0 Å².